The molecule has 2 rings (SSSR count). The second-order valence-corrected chi connectivity index (χ2v) is 5.86. The van der Waals surface area contributed by atoms with E-state index in [1.54, 1.807) is 7.11 Å². The zero-order valence-corrected chi connectivity index (χ0v) is 12.2. The molecule has 1 saturated carbocycles. The molecule has 2 nitrogen and oxygen atoms in total. The van der Waals surface area contributed by atoms with E-state index in [1.807, 2.05) is 18.2 Å². The number of rotatable bonds is 6. The van der Waals surface area contributed by atoms with Crippen molar-refractivity contribution >= 4 is 11.6 Å². The van der Waals surface area contributed by atoms with E-state index < -0.39 is 0 Å². The van der Waals surface area contributed by atoms with Gasteiger partial charge in [0.15, 0.2) is 0 Å². The summed E-state index contributed by atoms with van der Waals surface area (Å²) in [7, 11) is 1.72. The topological polar surface area (TPSA) is 21.3 Å². The van der Waals surface area contributed by atoms with Gasteiger partial charge in [-0.1, -0.05) is 25.4 Å². The van der Waals surface area contributed by atoms with Gasteiger partial charge in [0.05, 0.1) is 7.11 Å². The van der Waals surface area contributed by atoms with Crippen molar-refractivity contribution in [2.24, 2.45) is 5.41 Å². The van der Waals surface area contributed by atoms with Crippen molar-refractivity contribution in [1.29, 1.82) is 0 Å². The van der Waals surface area contributed by atoms with Gasteiger partial charge in [-0.25, -0.2) is 0 Å². The largest absolute Gasteiger partial charge is 0.496 e. The first-order valence-electron chi connectivity index (χ1n) is 6.65. The second-order valence-electron chi connectivity index (χ2n) is 5.42. The summed E-state index contributed by atoms with van der Waals surface area (Å²) in [5.41, 5.74) is 1.65. The molecule has 1 aliphatic carbocycles. The molecule has 0 amide bonds. The van der Waals surface area contributed by atoms with Crippen molar-refractivity contribution < 1.29 is 4.74 Å². The van der Waals surface area contributed by atoms with Crippen molar-refractivity contribution in [2.75, 3.05) is 13.7 Å². The molecule has 0 heterocycles. The Morgan fingerprint density at radius 2 is 2.17 bits per heavy atom. The molecule has 0 radical (unpaired) electrons. The molecule has 1 aromatic carbocycles. The summed E-state index contributed by atoms with van der Waals surface area (Å²) in [4.78, 5) is 0. The highest BCUT2D eigenvalue weighted by molar-refractivity contribution is 6.30. The molecule has 100 valence electrons. The second kappa shape index (κ2) is 5.50. The Kier molecular flexibility index (Phi) is 4.18. The van der Waals surface area contributed by atoms with Gasteiger partial charge < -0.3 is 10.1 Å². The summed E-state index contributed by atoms with van der Waals surface area (Å²) in [6, 6.07) is 6.37. The van der Waals surface area contributed by atoms with Crippen LogP contribution in [0.25, 0.3) is 0 Å². The van der Waals surface area contributed by atoms with Crippen molar-refractivity contribution in [2.45, 2.75) is 39.2 Å². The highest BCUT2D eigenvalue weighted by atomic mass is 35.5. The Bertz CT molecular complexity index is 415. The summed E-state index contributed by atoms with van der Waals surface area (Å²) in [6.45, 7) is 5.52. The van der Waals surface area contributed by atoms with E-state index in [0.29, 0.717) is 11.5 Å². The minimum Gasteiger partial charge on any atom is -0.496 e. The minimum absolute atomic E-state index is 0.448. The molecule has 1 fully saturated rings. The lowest BCUT2D eigenvalue weighted by atomic mass is 9.92. The van der Waals surface area contributed by atoms with Crippen LogP contribution in [0.15, 0.2) is 18.2 Å². The highest BCUT2D eigenvalue weighted by Gasteiger charge is 2.44. The van der Waals surface area contributed by atoms with Crippen molar-refractivity contribution in [3.05, 3.63) is 28.8 Å². The van der Waals surface area contributed by atoms with Crippen LogP contribution in [0.4, 0.5) is 0 Å². The molecule has 0 saturated heterocycles. The highest BCUT2D eigenvalue weighted by Crippen LogP contribution is 2.49. The molecule has 1 aromatic rings. The molecule has 18 heavy (non-hydrogen) atoms. The summed E-state index contributed by atoms with van der Waals surface area (Å²) in [6.07, 6.45) is 3.61. The van der Waals surface area contributed by atoms with Gasteiger partial charge in [0, 0.05) is 11.1 Å². The van der Waals surface area contributed by atoms with Crippen LogP contribution in [0.5, 0.6) is 5.75 Å². The predicted molar refractivity (Wildman–Crippen MR) is 76.5 cm³/mol. The summed E-state index contributed by atoms with van der Waals surface area (Å²) >= 11 is 6.09. The monoisotopic (exact) mass is 267 g/mol. The van der Waals surface area contributed by atoms with E-state index >= 15 is 0 Å². The Balaban J connectivity index is 2.17. The van der Waals surface area contributed by atoms with Gasteiger partial charge in [0.2, 0.25) is 0 Å². The zero-order chi connectivity index (χ0) is 13.2. The quantitative estimate of drug-likeness (QED) is 0.849. The fourth-order valence-electron chi connectivity index (χ4n) is 2.48. The van der Waals surface area contributed by atoms with Gasteiger partial charge >= 0.3 is 0 Å². The SMILES string of the molecule is CCNC(Cc1cc(Cl)ccc1OC)C1(C)CC1. The van der Waals surface area contributed by atoms with Gasteiger partial charge in [0.25, 0.3) is 0 Å². The van der Waals surface area contributed by atoms with Gasteiger partial charge in [-0.2, -0.15) is 0 Å². The fourth-order valence-corrected chi connectivity index (χ4v) is 2.68. The average molecular weight is 268 g/mol. The number of methoxy groups -OCH3 is 1. The Morgan fingerprint density at radius 1 is 1.44 bits per heavy atom. The molecule has 1 N–H and O–H groups in total. The molecule has 0 aliphatic heterocycles. The lowest BCUT2D eigenvalue weighted by molar-refractivity contribution is 0.351. The fraction of sp³-hybridized carbons (Fsp3) is 0.600. The third kappa shape index (κ3) is 2.99. The van der Waals surface area contributed by atoms with Crippen LogP contribution >= 0.6 is 11.6 Å². The molecule has 3 heteroatoms. The Labute approximate surface area is 115 Å². The smallest absolute Gasteiger partial charge is 0.122 e. The minimum atomic E-state index is 0.448. The summed E-state index contributed by atoms with van der Waals surface area (Å²) in [5.74, 6) is 0.937. The average Bonchev–Trinajstić information content (AvgIpc) is 3.08. The van der Waals surface area contributed by atoms with Crippen molar-refractivity contribution in [3.8, 4) is 5.75 Å². The van der Waals surface area contributed by atoms with Gasteiger partial charge in [0.1, 0.15) is 5.75 Å². The number of hydrogen-bond acceptors (Lipinski definition) is 2. The van der Waals surface area contributed by atoms with E-state index in [4.69, 9.17) is 16.3 Å². The maximum Gasteiger partial charge on any atom is 0.122 e. The van der Waals surface area contributed by atoms with E-state index in [0.717, 1.165) is 23.7 Å². The van der Waals surface area contributed by atoms with Crippen LogP contribution in [0.2, 0.25) is 5.02 Å². The number of hydrogen-bond donors (Lipinski definition) is 1. The Hall–Kier alpha value is -0.730. The van der Waals surface area contributed by atoms with Crippen molar-refractivity contribution in [1.82, 2.24) is 5.32 Å². The third-order valence-electron chi connectivity index (χ3n) is 4.00. The summed E-state index contributed by atoms with van der Waals surface area (Å²) < 4.78 is 5.43. The van der Waals surface area contributed by atoms with Crippen LogP contribution in [0.3, 0.4) is 0 Å². The number of nitrogens with one attached hydrogen (secondary N) is 1. The maximum atomic E-state index is 6.09. The maximum absolute atomic E-state index is 6.09. The first kappa shape index (κ1) is 13.7. The van der Waals surface area contributed by atoms with Gasteiger partial charge in [-0.05, 0) is 55.0 Å². The standard InChI is InChI=1S/C15H22ClNO/c1-4-17-14(15(2)7-8-15)10-11-9-12(16)5-6-13(11)18-3/h5-6,9,14,17H,4,7-8,10H2,1-3H3. The van der Waals surface area contributed by atoms with Crippen molar-refractivity contribution in [3.63, 3.8) is 0 Å². The van der Waals surface area contributed by atoms with E-state index in [-0.39, 0.29) is 0 Å². The van der Waals surface area contributed by atoms with Crippen LogP contribution in [0, 0.1) is 5.41 Å². The first-order chi connectivity index (χ1) is 8.59. The van der Waals surface area contributed by atoms with Crippen LogP contribution in [-0.2, 0) is 6.42 Å². The molecule has 0 spiro atoms. The van der Waals surface area contributed by atoms with E-state index in [2.05, 4.69) is 19.2 Å². The molecular formula is C15H22ClNO. The Morgan fingerprint density at radius 3 is 2.72 bits per heavy atom. The van der Waals surface area contributed by atoms with E-state index in [1.165, 1.54) is 18.4 Å². The molecule has 1 atom stereocenters. The molecule has 1 aliphatic rings. The predicted octanol–water partition coefficient (Wildman–Crippen LogP) is 3.67. The number of ether oxygens (including phenoxy) is 1. The number of halogens is 1. The van der Waals surface area contributed by atoms with E-state index in [9.17, 15) is 0 Å². The first-order valence-corrected chi connectivity index (χ1v) is 7.02. The number of likely N-dealkylation sites (N-methyl/N-ethyl adjacent to an activating group) is 1. The number of benzene rings is 1. The van der Waals surface area contributed by atoms with Gasteiger partial charge in [-0.3, -0.25) is 0 Å². The normalized spacial score (nSPS) is 18.4. The van der Waals surface area contributed by atoms with Crippen LogP contribution < -0.4 is 10.1 Å². The molecule has 1 unspecified atom stereocenters. The molecular weight excluding hydrogens is 246 g/mol. The van der Waals surface area contributed by atoms with Crippen LogP contribution in [0.1, 0.15) is 32.3 Å². The van der Waals surface area contributed by atoms with Gasteiger partial charge in [-0.15, -0.1) is 0 Å². The van der Waals surface area contributed by atoms with Crippen LogP contribution in [-0.4, -0.2) is 19.7 Å². The third-order valence-corrected chi connectivity index (χ3v) is 4.23. The summed E-state index contributed by atoms with van der Waals surface area (Å²) in [5, 5.41) is 4.39. The zero-order valence-electron chi connectivity index (χ0n) is 11.4. The lowest BCUT2D eigenvalue weighted by Crippen LogP contribution is -2.38. The lowest BCUT2D eigenvalue weighted by Gasteiger charge is -2.25. The molecule has 0 aromatic heterocycles. The molecule has 0 bridgehead atoms.